The number of halogens is 2. The molecule has 0 amide bonds. The summed E-state index contributed by atoms with van der Waals surface area (Å²) >= 11 is 8.53. The molecule has 3 heteroatoms. The van der Waals surface area contributed by atoms with Crippen molar-refractivity contribution >= 4 is 23.7 Å². The third kappa shape index (κ3) is 56.8. The van der Waals surface area contributed by atoms with Crippen LogP contribution in [0.2, 0.25) is 0 Å². The van der Waals surface area contributed by atoms with Gasteiger partial charge in [0.15, 0.2) is 0 Å². The standard InChI is InChI=1S/C4H10.Cl2O/c1-3-4-2;1-3-2/h3-4H2,1-2H3;. The van der Waals surface area contributed by atoms with E-state index in [1.165, 1.54) is 12.8 Å². The smallest absolute Gasteiger partial charge is 0.0832 e. The molecule has 0 aliphatic carbocycles. The first-order chi connectivity index (χ1) is 3.33. The summed E-state index contributed by atoms with van der Waals surface area (Å²) in [7, 11) is 0. The molecule has 0 unspecified atom stereocenters. The van der Waals surface area contributed by atoms with Crippen molar-refractivity contribution in [2.24, 2.45) is 0 Å². The summed E-state index contributed by atoms with van der Waals surface area (Å²) in [6.07, 6.45) is 2.64. The Balaban J connectivity index is 0. The zero-order valence-electron chi connectivity index (χ0n) is 4.58. The molecule has 0 aromatic rings. The molecule has 7 heavy (non-hydrogen) atoms. The van der Waals surface area contributed by atoms with Gasteiger partial charge in [0.2, 0.25) is 0 Å². The van der Waals surface area contributed by atoms with E-state index in [0.29, 0.717) is 0 Å². The Bertz CT molecular complexity index is 17.2. The summed E-state index contributed by atoms with van der Waals surface area (Å²) in [4.78, 5) is 0. The van der Waals surface area contributed by atoms with Gasteiger partial charge in [-0.3, -0.25) is 0 Å². The van der Waals surface area contributed by atoms with E-state index in [0.717, 1.165) is 0 Å². The van der Waals surface area contributed by atoms with Gasteiger partial charge in [0.1, 0.15) is 0 Å². The van der Waals surface area contributed by atoms with E-state index in [-0.39, 0.29) is 0 Å². The second-order valence-electron chi connectivity index (χ2n) is 1.06. The van der Waals surface area contributed by atoms with Crippen molar-refractivity contribution in [3.8, 4) is 0 Å². The van der Waals surface area contributed by atoms with Crippen LogP contribution in [0.5, 0.6) is 0 Å². The van der Waals surface area contributed by atoms with Crippen LogP contribution >= 0.6 is 23.7 Å². The van der Waals surface area contributed by atoms with E-state index in [1.807, 2.05) is 0 Å². The van der Waals surface area contributed by atoms with Gasteiger partial charge in [0.05, 0.1) is 23.7 Å². The molecular weight excluding hydrogens is 135 g/mol. The highest BCUT2D eigenvalue weighted by atomic mass is 35.6. The summed E-state index contributed by atoms with van der Waals surface area (Å²) in [5.41, 5.74) is 0. The van der Waals surface area contributed by atoms with Crippen LogP contribution in [0.15, 0.2) is 0 Å². The lowest BCUT2D eigenvalue weighted by molar-refractivity contribution is 0.697. The molecule has 0 aliphatic heterocycles. The molecule has 0 rings (SSSR count). The lowest BCUT2D eigenvalue weighted by atomic mass is 10.4. The van der Waals surface area contributed by atoms with Crippen LogP contribution in [0, 0.1) is 0 Å². The van der Waals surface area contributed by atoms with Crippen LogP contribution in [-0.4, -0.2) is 0 Å². The molecule has 0 bridgehead atoms. The van der Waals surface area contributed by atoms with E-state index in [4.69, 9.17) is 0 Å². The average Bonchev–Trinajstić information content (AvgIpc) is 1.69. The molecule has 0 aromatic carbocycles. The van der Waals surface area contributed by atoms with Crippen LogP contribution in [0.1, 0.15) is 26.7 Å². The van der Waals surface area contributed by atoms with E-state index >= 15 is 0 Å². The SMILES string of the molecule is CCCC.ClOCl. The number of hydrogen-bond donors (Lipinski definition) is 0. The van der Waals surface area contributed by atoms with Crippen LogP contribution in [0.4, 0.5) is 0 Å². The van der Waals surface area contributed by atoms with E-state index in [9.17, 15) is 0 Å². The van der Waals surface area contributed by atoms with Gasteiger partial charge in [-0.05, 0) is 0 Å². The molecule has 0 heterocycles. The summed E-state index contributed by atoms with van der Waals surface area (Å²) in [5.74, 6) is 0. The Kier molecular flexibility index (Phi) is 24.0. The number of unbranched alkanes of at least 4 members (excludes halogenated alkanes) is 1. The topological polar surface area (TPSA) is 9.23 Å². The molecular formula is C4H10Cl2O. The van der Waals surface area contributed by atoms with Crippen molar-refractivity contribution in [3.05, 3.63) is 0 Å². The minimum Gasteiger partial charge on any atom is -0.166 e. The predicted octanol–water partition coefficient (Wildman–Crippen LogP) is 3.12. The van der Waals surface area contributed by atoms with Crippen LogP contribution in [0.25, 0.3) is 0 Å². The maximum atomic E-state index is 4.26. The second-order valence-corrected chi connectivity index (χ2v) is 1.52. The minimum absolute atomic E-state index is 1.32. The van der Waals surface area contributed by atoms with Gasteiger partial charge in [-0.2, -0.15) is 3.84 Å². The molecule has 1 nitrogen and oxygen atoms in total. The highest BCUT2D eigenvalue weighted by molar-refractivity contribution is 6.24. The van der Waals surface area contributed by atoms with Crippen molar-refractivity contribution in [3.63, 3.8) is 0 Å². The van der Waals surface area contributed by atoms with E-state index in [2.05, 4.69) is 41.4 Å². The van der Waals surface area contributed by atoms with Gasteiger partial charge in [-0.15, -0.1) is 0 Å². The molecule has 0 saturated heterocycles. The van der Waals surface area contributed by atoms with Crippen molar-refractivity contribution in [2.45, 2.75) is 26.7 Å². The highest BCUT2D eigenvalue weighted by Crippen LogP contribution is 1.78. The van der Waals surface area contributed by atoms with E-state index in [1.54, 1.807) is 0 Å². The molecule has 0 aliphatic rings. The van der Waals surface area contributed by atoms with Crippen LogP contribution < -0.4 is 0 Å². The Labute approximate surface area is 54.9 Å². The first-order valence-corrected chi connectivity index (χ1v) is 2.84. The van der Waals surface area contributed by atoms with Gasteiger partial charge in [0.25, 0.3) is 0 Å². The third-order valence-corrected chi connectivity index (χ3v) is 0.500. The van der Waals surface area contributed by atoms with E-state index < -0.39 is 0 Å². The molecule has 0 aromatic heterocycles. The first kappa shape index (κ1) is 10.5. The summed E-state index contributed by atoms with van der Waals surface area (Å²) < 4.78 is 3.19. The number of rotatable bonds is 1. The molecule has 0 atom stereocenters. The largest absolute Gasteiger partial charge is 0.166 e. The van der Waals surface area contributed by atoms with Gasteiger partial charge >= 0.3 is 0 Å². The fourth-order valence-corrected chi connectivity index (χ4v) is 0. The van der Waals surface area contributed by atoms with Crippen LogP contribution in [-0.2, 0) is 3.84 Å². The maximum Gasteiger partial charge on any atom is 0.0832 e. The van der Waals surface area contributed by atoms with Crippen LogP contribution in [0.3, 0.4) is 0 Å². The summed E-state index contributed by atoms with van der Waals surface area (Å²) in [5, 5.41) is 0. The van der Waals surface area contributed by atoms with Crippen molar-refractivity contribution in [1.29, 1.82) is 0 Å². The lowest BCUT2D eigenvalue weighted by Gasteiger charge is -1.68. The van der Waals surface area contributed by atoms with Crippen molar-refractivity contribution in [1.82, 2.24) is 0 Å². The minimum atomic E-state index is 1.32. The molecule has 0 fully saturated rings. The van der Waals surface area contributed by atoms with Crippen molar-refractivity contribution < 1.29 is 3.84 Å². The zero-order valence-corrected chi connectivity index (χ0v) is 6.09. The second kappa shape index (κ2) is 16.0. The quantitative estimate of drug-likeness (QED) is 0.550. The molecule has 0 radical (unpaired) electrons. The average molecular weight is 145 g/mol. The third-order valence-electron chi connectivity index (χ3n) is 0.500. The Morgan fingerprint density at radius 1 is 1.14 bits per heavy atom. The number of hydrogen-bond acceptors (Lipinski definition) is 1. The predicted molar refractivity (Wildman–Crippen MR) is 33.4 cm³/mol. The fraction of sp³-hybridized carbons (Fsp3) is 1.00. The van der Waals surface area contributed by atoms with Crippen molar-refractivity contribution in [2.75, 3.05) is 0 Å². The summed E-state index contributed by atoms with van der Waals surface area (Å²) in [6, 6.07) is 0. The Hall–Kier alpha value is 0.540. The van der Waals surface area contributed by atoms with Gasteiger partial charge < -0.3 is 0 Å². The van der Waals surface area contributed by atoms with Gasteiger partial charge in [0, 0.05) is 0 Å². The molecule has 46 valence electrons. The zero-order chi connectivity index (χ0) is 6.12. The highest BCUT2D eigenvalue weighted by Gasteiger charge is 1.56. The monoisotopic (exact) mass is 144 g/mol. The normalized spacial score (nSPS) is 6.86. The van der Waals surface area contributed by atoms with Gasteiger partial charge in [-0.25, -0.2) is 0 Å². The Morgan fingerprint density at radius 2 is 1.29 bits per heavy atom. The first-order valence-electron chi connectivity index (χ1n) is 2.22. The molecule has 0 spiro atoms. The maximum absolute atomic E-state index is 4.26. The van der Waals surface area contributed by atoms with Gasteiger partial charge in [-0.1, -0.05) is 26.7 Å². The molecule has 0 N–H and O–H groups in total. The lowest BCUT2D eigenvalue weighted by Crippen LogP contribution is -1.47. The fourth-order valence-electron chi connectivity index (χ4n) is 0. The summed E-state index contributed by atoms with van der Waals surface area (Å²) in [6.45, 7) is 4.36. The Morgan fingerprint density at radius 3 is 1.29 bits per heavy atom. The molecule has 0 saturated carbocycles.